The summed E-state index contributed by atoms with van der Waals surface area (Å²) in [4.78, 5) is 14.1. The van der Waals surface area contributed by atoms with Gasteiger partial charge in [0.05, 0.1) is 0 Å². The molecule has 0 aliphatic carbocycles. The summed E-state index contributed by atoms with van der Waals surface area (Å²) in [6, 6.07) is 8.17. The Labute approximate surface area is 128 Å². The zero-order valence-corrected chi connectivity index (χ0v) is 13.0. The van der Waals surface area contributed by atoms with Crippen LogP contribution >= 0.6 is 11.6 Å². The fraction of sp³-hybridized carbons (Fsp3) is 0.214. The second-order valence-electron chi connectivity index (χ2n) is 4.43. The number of sulfonamides is 1. The number of halogens is 1. The van der Waals surface area contributed by atoms with E-state index in [0.29, 0.717) is 5.02 Å². The van der Waals surface area contributed by atoms with Crippen LogP contribution in [-0.2, 0) is 16.6 Å². The summed E-state index contributed by atoms with van der Waals surface area (Å²) in [7, 11) is -3.85. The zero-order chi connectivity index (χ0) is 15.5. The molecule has 0 amide bonds. The molecule has 0 fully saturated rings. The van der Waals surface area contributed by atoms with Gasteiger partial charge >= 0.3 is 0 Å². The Kier molecular flexibility index (Phi) is 4.82. The third kappa shape index (κ3) is 3.53. The third-order valence-corrected chi connectivity index (χ3v) is 5.18. The number of rotatable bonds is 5. The van der Waals surface area contributed by atoms with Gasteiger partial charge in [0, 0.05) is 36.6 Å². The highest BCUT2D eigenvalue weighted by Crippen LogP contribution is 2.17. The first-order chi connectivity index (χ1) is 9.95. The second kappa shape index (κ2) is 6.43. The van der Waals surface area contributed by atoms with Crippen LogP contribution in [0.2, 0.25) is 5.02 Å². The molecule has 0 atom stereocenters. The van der Waals surface area contributed by atoms with Gasteiger partial charge in [-0.05, 0) is 17.7 Å². The first-order valence-electron chi connectivity index (χ1n) is 6.37. The third-order valence-electron chi connectivity index (χ3n) is 3.01. The van der Waals surface area contributed by atoms with E-state index in [9.17, 15) is 13.2 Å². The lowest BCUT2D eigenvalue weighted by Crippen LogP contribution is -2.33. The van der Waals surface area contributed by atoms with E-state index in [2.05, 4.69) is 4.98 Å². The molecule has 0 radical (unpaired) electrons. The Morgan fingerprint density at radius 2 is 2.05 bits per heavy atom. The predicted octanol–water partition coefficient (Wildman–Crippen LogP) is 2.24. The van der Waals surface area contributed by atoms with Crippen LogP contribution in [0.25, 0.3) is 0 Å². The quantitative estimate of drug-likeness (QED) is 0.916. The number of aromatic nitrogens is 1. The standard InChI is InChI=1S/C14H15ClN2O3S/c1-2-17(10-11-4-3-5-12(15)8-11)21(19,20)14-9-16-7-6-13(14)18/h3-9H,2,10H2,1H3,(H,16,18). The lowest BCUT2D eigenvalue weighted by atomic mass is 10.2. The van der Waals surface area contributed by atoms with Crippen LogP contribution in [0, 0.1) is 0 Å². The molecular weight excluding hydrogens is 312 g/mol. The van der Waals surface area contributed by atoms with E-state index >= 15 is 0 Å². The topological polar surface area (TPSA) is 70.2 Å². The Bertz CT molecular complexity index is 787. The van der Waals surface area contributed by atoms with Gasteiger partial charge < -0.3 is 4.98 Å². The number of hydrogen-bond donors (Lipinski definition) is 1. The number of benzene rings is 1. The van der Waals surface area contributed by atoms with Crippen molar-refractivity contribution in [3.05, 3.63) is 63.5 Å². The molecule has 0 saturated heterocycles. The molecule has 7 heteroatoms. The monoisotopic (exact) mass is 326 g/mol. The number of hydrogen-bond acceptors (Lipinski definition) is 3. The van der Waals surface area contributed by atoms with E-state index in [1.165, 1.54) is 22.8 Å². The predicted molar refractivity (Wildman–Crippen MR) is 81.8 cm³/mol. The maximum Gasteiger partial charge on any atom is 0.248 e. The van der Waals surface area contributed by atoms with Crippen LogP contribution in [-0.4, -0.2) is 24.3 Å². The summed E-state index contributed by atoms with van der Waals surface area (Å²) in [5.74, 6) is 0. The average Bonchev–Trinajstić information content (AvgIpc) is 2.45. The van der Waals surface area contributed by atoms with Crippen molar-refractivity contribution in [2.24, 2.45) is 0 Å². The van der Waals surface area contributed by atoms with Crippen molar-refractivity contribution in [1.29, 1.82) is 0 Å². The summed E-state index contributed by atoms with van der Waals surface area (Å²) < 4.78 is 26.3. The van der Waals surface area contributed by atoms with Gasteiger partial charge in [-0.15, -0.1) is 0 Å². The van der Waals surface area contributed by atoms with Gasteiger partial charge in [0.1, 0.15) is 4.90 Å². The first kappa shape index (κ1) is 15.8. The summed E-state index contributed by atoms with van der Waals surface area (Å²) in [6.07, 6.45) is 2.60. The van der Waals surface area contributed by atoms with Crippen molar-refractivity contribution < 1.29 is 8.42 Å². The van der Waals surface area contributed by atoms with Gasteiger partial charge in [0.15, 0.2) is 0 Å². The fourth-order valence-electron chi connectivity index (χ4n) is 1.95. The molecule has 2 aromatic rings. The molecule has 1 aromatic heterocycles. The maximum absolute atomic E-state index is 12.5. The molecule has 2 rings (SSSR count). The highest BCUT2D eigenvalue weighted by Gasteiger charge is 2.25. The van der Waals surface area contributed by atoms with Gasteiger partial charge in [-0.1, -0.05) is 30.7 Å². The molecule has 0 bridgehead atoms. The van der Waals surface area contributed by atoms with E-state index in [4.69, 9.17) is 11.6 Å². The van der Waals surface area contributed by atoms with Crippen molar-refractivity contribution in [1.82, 2.24) is 9.29 Å². The molecule has 5 nitrogen and oxygen atoms in total. The van der Waals surface area contributed by atoms with Gasteiger partial charge in [-0.2, -0.15) is 4.31 Å². The average molecular weight is 327 g/mol. The number of nitrogens with one attached hydrogen (secondary N) is 1. The van der Waals surface area contributed by atoms with Crippen molar-refractivity contribution in [3.8, 4) is 0 Å². The van der Waals surface area contributed by atoms with Crippen LogP contribution in [0.4, 0.5) is 0 Å². The first-order valence-corrected chi connectivity index (χ1v) is 8.18. The minimum Gasteiger partial charge on any atom is -0.366 e. The molecular formula is C14H15ClN2O3S. The highest BCUT2D eigenvalue weighted by atomic mass is 35.5. The number of pyridine rings is 1. The van der Waals surface area contributed by atoms with Gasteiger partial charge in [-0.3, -0.25) is 4.79 Å². The van der Waals surface area contributed by atoms with Crippen molar-refractivity contribution >= 4 is 21.6 Å². The maximum atomic E-state index is 12.5. The lowest BCUT2D eigenvalue weighted by Gasteiger charge is -2.20. The molecule has 0 aliphatic rings. The van der Waals surface area contributed by atoms with E-state index in [0.717, 1.165) is 5.56 Å². The highest BCUT2D eigenvalue weighted by molar-refractivity contribution is 7.89. The molecule has 0 unspecified atom stereocenters. The molecule has 21 heavy (non-hydrogen) atoms. The summed E-state index contributed by atoms with van der Waals surface area (Å²) in [6.45, 7) is 2.14. The molecule has 1 N–H and O–H groups in total. The van der Waals surface area contributed by atoms with Crippen molar-refractivity contribution in [2.45, 2.75) is 18.4 Å². The number of aromatic amines is 1. The van der Waals surface area contributed by atoms with Crippen LogP contribution in [0.1, 0.15) is 12.5 Å². The molecule has 0 aliphatic heterocycles. The Morgan fingerprint density at radius 1 is 1.29 bits per heavy atom. The van der Waals surface area contributed by atoms with Crippen LogP contribution in [0.5, 0.6) is 0 Å². The minimum absolute atomic E-state index is 0.160. The van der Waals surface area contributed by atoms with Crippen LogP contribution in [0.15, 0.2) is 52.4 Å². The summed E-state index contributed by atoms with van der Waals surface area (Å²) in [5.41, 5.74) is 0.235. The number of nitrogens with zero attached hydrogens (tertiary/aromatic N) is 1. The summed E-state index contributed by atoms with van der Waals surface area (Å²) in [5, 5.41) is 0.540. The van der Waals surface area contributed by atoms with E-state index < -0.39 is 15.5 Å². The van der Waals surface area contributed by atoms with Gasteiger partial charge in [0.2, 0.25) is 15.5 Å². The Hall–Kier alpha value is -1.63. The normalized spacial score (nSPS) is 11.8. The molecule has 112 valence electrons. The molecule has 1 aromatic carbocycles. The van der Waals surface area contributed by atoms with Crippen molar-refractivity contribution in [2.75, 3.05) is 6.54 Å². The molecule has 0 saturated carbocycles. The van der Waals surface area contributed by atoms with E-state index in [1.807, 2.05) is 0 Å². The SMILES string of the molecule is CCN(Cc1cccc(Cl)c1)S(=O)(=O)c1c[nH]ccc1=O. The Balaban J connectivity index is 2.37. The van der Waals surface area contributed by atoms with E-state index in [1.54, 1.807) is 31.2 Å². The summed E-state index contributed by atoms with van der Waals surface area (Å²) >= 11 is 5.91. The second-order valence-corrected chi connectivity index (χ2v) is 6.78. The van der Waals surface area contributed by atoms with Crippen LogP contribution in [0.3, 0.4) is 0 Å². The fourth-order valence-corrected chi connectivity index (χ4v) is 3.64. The van der Waals surface area contributed by atoms with Crippen LogP contribution < -0.4 is 5.43 Å². The molecule has 1 heterocycles. The molecule has 0 spiro atoms. The zero-order valence-electron chi connectivity index (χ0n) is 11.4. The van der Waals surface area contributed by atoms with Gasteiger partial charge in [-0.25, -0.2) is 8.42 Å². The minimum atomic E-state index is -3.85. The van der Waals surface area contributed by atoms with E-state index in [-0.39, 0.29) is 18.0 Å². The smallest absolute Gasteiger partial charge is 0.248 e. The largest absolute Gasteiger partial charge is 0.366 e. The Morgan fingerprint density at radius 3 is 2.67 bits per heavy atom. The van der Waals surface area contributed by atoms with Gasteiger partial charge in [0.25, 0.3) is 0 Å². The lowest BCUT2D eigenvalue weighted by molar-refractivity contribution is 0.423. The number of H-pyrrole nitrogens is 1. The van der Waals surface area contributed by atoms with Crippen molar-refractivity contribution in [3.63, 3.8) is 0 Å².